The Bertz CT molecular complexity index is 916. The fraction of sp³-hybridized carbons (Fsp3) is 0.524. The minimum absolute atomic E-state index is 0.479. The zero-order valence-electron chi connectivity index (χ0n) is 16.0. The second-order valence-electron chi connectivity index (χ2n) is 8.05. The molecule has 1 atom stereocenters. The number of piperidine rings is 1. The lowest BCUT2D eigenvalue weighted by Gasteiger charge is -2.31. The lowest BCUT2D eigenvalue weighted by atomic mass is 9.97. The summed E-state index contributed by atoms with van der Waals surface area (Å²) in [6.45, 7) is 8.34. The first-order valence-electron chi connectivity index (χ1n) is 10.2. The molecule has 2 N–H and O–H groups in total. The molecule has 1 fully saturated rings. The van der Waals surface area contributed by atoms with Crippen molar-refractivity contribution in [3.05, 3.63) is 47.0 Å². The van der Waals surface area contributed by atoms with E-state index in [1.54, 1.807) is 0 Å². The van der Waals surface area contributed by atoms with E-state index >= 15 is 0 Å². The van der Waals surface area contributed by atoms with Gasteiger partial charge in [-0.1, -0.05) is 12.1 Å². The molecule has 142 valence electrons. The van der Waals surface area contributed by atoms with Crippen LogP contribution in [-0.2, 0) is 19.6 Å². The molecule has 4 heterocycles. The highest BCUT2D eigenvalue weighted by Crippen LogP contribution is 2.28. The SMILES string of the molecule is Cc1cccc2[nH]c(C3CCCN(Cc4cc5n(n4)CCCNC5)C3)nc12. The van der Waals surface area contributed by atoms with Crippen molar-refractivity contribution < 1.29 is 0 Å². The molecule has 1 unspecified atom stereocenters. The van der Waals surface area contributed by atoms with Crippen LogP contribution in [-0.4, -0.2) is 44.3 Å². The minimum atomic E-state index is 0.479. The van der Waals surface area contributed by atoms with E-state index in [2.05, 4.69) is 51.1 Å². The van der Waals surface area contributed by atoms with Crippen molar-refractivity contribution >= 4 is 11.0 Å². The van der Waals surface area contributed by atoms with Crippen molar-refractivity contribution in [1.82, 2.24) is 30.0 Å². The minimum Gasteiger partial charge on any atom is -0.342 e. The normalized spacial score (nSPS) is 21.3. The van der Waals surface area contributed by atoms with Gasteiger partial charge in [-0.25, -0.2) is 4.98 Å². The number of aromatic nitrogens is 4. The summed E-state index contributed by atoms with van der Waals surface area (Å²) in [6, 6.07) is 8.65. The molecule has 27 heavy (non-hydrogen) atoms. The largest absolute Gasteiger partial charge is 0.342 e. The third-order valence-electron chi connectivity index (χ3n) is 5.95. The molecule has 5 rings (SSSR count). The summed E-state index contributed by atoms with van der Waals surface area (Å²) in [4.78, 5) is 11.0. The summed E-state index contributed by atoms with van der Waals surface area (Å²) >= 11 is 0. The van der Waals surface area contributed by atoms with E-state index in [1.807, 2.05) is 0 Å². The van der Waals surface area contributed by atoms with Gasteiger partial charge in [0.05, 0.1) is 22.4 Å². The fourth-order valence-electron chi connectivity index (χ4n) is 4.54. The number of para-hydroxylation sites is 1. The summed E-state index contributed by atoms with van der Waals surface area (Å²) in [6.07, 6.45) is 3.58. The summed E-state index contributed by atoms with van der Waals surface area (Å²) < 4.78 is 2.19. The topological polar surface area (TPSA) is 61.8 Å². The number of rotatable bonds is 3. The molecule has 2 aromatic heterocycles. The van der Waals surface area contributed by atoms with Crippen LogP contribution in [0.2, 0.25) is 0 Å². The van der Waals surface area contributed by atoms with Gasteiger partial charge in [0.2, 0.25) is 0 Å². The molecular weight excluding hydrogens is 336 g/mol. The van der Waals surface area contributed by atoms with Gasteiger partial charge in [-0.05, 0) is 57.0 Å². The van der Waals surface area contributed by atoms with Crippen LogP contribution in [0.25, 0.3) is 11.0 Å². The van der Waals surface area contributed by atoms with Gasteiger partial charge in [0, 0.05) is 32.1 Å². The molecule has 1 aromatic carbocycles. The lowest BCUT2D eigenvalue weighted by molar-refractivity contribution is 0.194. The first-order chi connectivity index (χ1) is 13.3. The molecule has 0 bridgehead atoms. The van der Waals surface area contributed by atoms with Crippen LogP contribution in [0.4, 0.5) is 0 Å². The number of imidazole rings is 1. The number of aromatic amines is 1. The number of hydrogen-bond acceptors (Lipinski definition) is 4. The first kappa shape index (κ1) is 17.0. The van der Waals surface area contributed by atoms with Crippen LogP contribution in [0.15, 0.2) is 24.3 Å². The average Bonchev–Trinajstić information content (AvgIpc) is 3.21. The molecule has 2 aliphatic heterocycles. The molecule has 2 aliphatic rings. The number of aryl methyl sites for hydroxylation is 2. The summed E-state index contributed by atoms with van der Waals surface area (Å²) in [5, 5.41) is 8.34. The van der Waals surface area contributed by atoms with Crippen LogP contribution < -0.4 is 5.32 Å². The molecule has 0 radical (unpaired) electrons. The lowest BCUT2D eigenvalue weighted by Crippen LogP contribution is -2.34. The summed E-state index contributed by atoms with van der Waals surface area (Å²) in [5.41, 5.74) is 6.05. The van der Waals surface area contributed by atoms with E-state index in [0.717, 1.165) is 62.5 Å². The van der Waals surface area contributed by atoms with Gasteiger partial charge >= 0.3 is 0 Å². The molecule has 0 spiro atoms. The molecule has 6 nitrogen and oxygen atoms in total. The van der Waals surface area contributed by atoms with Crippen molar-refractivity contribution in [2.45, 2.75) is 51.7 Å². The highest BCUT2D eigenvalue weighted by atomic mass is 15.3. The number of fused-ring (bicyclic) bond motifs is 2. The second kappa shape index (κ2) is 7.09. The highest BCUT2D eigenvalue weighted by Gasteiger charge is 2.25. The quantitative estimate of drug-likeness (QED) is 0.750. The predicted molar refractivity (Wildman–Crippen MR) is 107 cm³/mol. The molecule has 0 saturated carbocycles. The van der Waals surface area contributed by atoms with E-state index < -0.39 is 0 Å². The standard InChI is InChI=1S/C21H28N6/c1-15-5-2-7-19-20(15)24-21(23-19)16-6-3-9-26(13-16)14-17-11-18-12-22-8-4-10-27(18)25-17/h2,5,7,11,16,22H,3-4,6,8-10,12-14H2,1H3,(H,23,24). The Morgan fingerprint density at radius 1 is 1.22 bits per heavy atom. The number of benzene rings is 1. The Labute approximate surface area is 160 Å². The van der Waals surface area contributed by atoms with Crippen molar-refractivity contribution in [3.8, 4) is 0 Å². The number of nitrogens with one attached hydrogen (secondary N) is 2. The van der Waals surface area contributed by atoms with E-state index in [1.165, 1.54) is 29.8 Å². The van der Waals surface area contributed by atoms with Crippen molar-refractivity contribution in [3.63, 3.8) is 0 Å². The van der Waals surface area contributed by atoms with Gasteiger partial charge in [-0.2, -0.15) is 5.10 Å². The van der Waals surface area contributed by atoms with E-state index in [0.29, 0.717) is 5.92 Å². The van der Waals surface area contributed by atoms with Gasteiger partial charge in [-0.15, -0.1) is 0 Å². The van der Waals surface area contributed by atoms with Gasteiger partial charge < -0.3 is 10.3 Å². The number of hydrogen-bond donors (Lipinski definition) is 2. The van der Waals surface area contributed by atoms with Gasteiger partial charge in [-0.3, -0.25) is 9.58 Å². The Kier molecular flexibility index (Phi) is 4.45. The van der Waals surface area contributed by atoms with Gasteiger partial charge in [0.1, 0.15) is 5.82 Å². The highest BCUT2D eigenvalue weighted by molar-refractivity contribution is 5.78. The second-order valence-corrected chi connectivity index (χ2v) is 8.05. The van der Waals surface area contributed by atoms with E-state index in [9.17, 15) is 0 Å². The third-order valence-corrected chi connectivity index (χ3v) is 5.95. The number of nitrogens with zero attached hydrogens (tertiary/aromatic N) is 4. The zero-order chi connectivity index (χ0) is 18.2. The number of likely N-dealkylation sites (tertiary alicyclic amines) is 1. The first-order valence-corrected chi connectivity index (χ1v) is 10.2. The third kappa shape index (κ3) is 3.39. The van der Waals surface area contributed by atoms with Crippen molar-refractivity contribution in [2.75, 3.05) is 19.6 Å². The maximum Gasteiger partial charge on any atom is 0.111 e. The molecular formula is C21H28N6. The Balaban J connectivity index is 1.31. The molecule has 3 aromatic rings. The zero-order valence-corrected chi connectivity index (χ0v) is 16.0. The predicted octanol–water partition coefficient (Wildman–Crippen LogP) is 2.94. The maximum atomic E-state index is 4.93. The van der Waals surface area contributed by atoms with Gasteiger partial charge in [0.25, 0.3) is 0 Å². The fourth-order valence-corrected chi connectivity index (χ4v) is 4.54. The maximum absolute atomic E-state index is 4.93. The van der Waals surface area contributed by atoms with Crippen LogP contribution >= 0.6 is 0 Å². The van der Waals surface area contributed by atoms with Crippen molar-refractivity contribution in [1.29, 1.82) is 0 Å². The monoisotopic (exact) mass is 364 g/mol. The van der Waals surface area contributed by atoms with E-state index in [-0.39, 0.29) is 0 Å². The summed E-state index contributed by atoms with van der Waals surface area (Å²) in [7, 11) is 0. The molecule has 6 heteroatoms. The molecule has 0 amide bonds. The van der Waals surface area contributed by atoms with Crippen LogP contribution in [0, 0.1) is 6.92 Å². The Morgan fingerprint density at radius 2 is 2.19 bits per heavy atom. The Morgan fingerprint density at radius 3 is 3.11 bits per heavy atom. The number of H-pyrrole nitrogens is 1. The van der Waals surface area contributed by atoms with Gasteiger partial charge in [0.15, 0.2) is 0 Å². The Hall–Kier alpha value is -2.18. The summed E-state index contributed by atoms with van der Waals surface area (Å²) in [5.74, 6) is 1.63. The molecule has 1 saturated heterocycles. The van der Waals surface area contributed by atoms with E-state index in [4.69, 9.17) is 10.1 Å². The van der Waals surface area contributed by atoms with Crippen LogP contribution in [0.5, 0.6) is 0 Å². The smallest absolute Gasteiger partial charge is 0.111 e. The van der Waals surface area contributed by atoms with Crippen molar-refractivity contribution in [2.24, 2.45) is 0 Å². The van der Waals surface area contributed by atoms with Crippen LogP contribution in [0.3, 0.4) is 0 Å². The molecule has 0 aliphatic carbocycles. The van der Waals surface area contributed by atoms with Crippen LogP contribution in [0.1, 0.15) is 48.0 Å². The average molecular weight is 364 g/mol.